The first-order valence-corrected chi connectivity index (χ1v) is 7.97. The molecule has 0 saturated carbocycles. The molecule has 24 heavy (non-hydrogen) atoms. The van der Waals surface area contributed by atoms with Gasteiger partial charge in [-0.25, -0.2) is 10.3 Å². The summed E-state index contributed by atoms with van der Waals surface area (Å²) in [7, 11) is 0. The number of piperazine rings is 1. The van der Waals surface area contributed by atoms with Crippen LogP contribution in [0.25, 0.3) is 6.08 Å². The number of carbonyl (C=O) groups excluding carboxylic acids is 2. The van der Waals surface area contributed by atoms with E-state index in [0.29, 0.717) is 19.7 Å². The molecule has 0 aliphatic carbocycles. The lowest BCUT2D eigenvalue weighted by Crippen LogP contribution is -2.48. The van der Waals surface area contributed by atoms with Gasteiger partial charge in [0.05, 0.1) is 6.61 Å². The van der Waals surface area contributed by atoms with E-state index in [1.807, 2.05) is 31.2 Å². The fraction of sp³-hybridized carbons (Fsp3) is 0.412. The number of rotatable bonds is 5. The second kappa shape index (κ2) is 9.05. The SMILES string of the molecule is CCOC(=O)N1CCN(Cc2ccc(C=CC(=O)NO)cc2)CC1. The van der Waals surface area contributed by atoms with Crippen LogP contribution in [-0.4, -0.2) is 59.8 Å². The Labute approximate surface area is 141 Å². The number of hydroxylamine groups is 1. The molecule has 7 nitrogen and oxygen atoms in total. The average molecular weight is 333 g/mol. The zero-order valence-corrected chi connectivity index (χ0v) is 13.8. The summed E-state index contributed by atoms with van der Waals surface area (Å²) in [6.45, 7) is 6.01. The fourth-order valence-electron chi connectivity index (χ4n) is 2.50. The van der Waals surface area contributed by atoms with Crippen LogP contribution in [0.2, 0.25) is 0 Å². The van der Waals surface area contributed by atoms with Gasteiger partial charge >= 0.3 is 6.09 Å². The molecule has 1 fully saturated rings. The Hall–Kier alpha value is -2.38. The number of hydrogen-bond acceptors (Lipinski definition) is 5. The van der Waals surface area contributed by atoms with Crippen LogP contribution in [0.1, 0.15) is 18.1 Å². The third kappa shape index (κ3) is 5.36. The summed E-state index contributed by atoms with van der Waals surface area (Å²) >= 11 is 0. The van der Waals surface area contributed by atoms with Gasteiger partial charge in [-0.05, 0) is 24.1 Å². The largest absolute Gasteiger partial charge is 0.450 e. The van der Waals surface area contributed by atoms with Crippen molar-refractivity contribution in [2.45, 2.75) is 13.5 Å². The molecule has 1 aromatic carbocycles. The quantitative estimate of drug-likeness (QED) is 0.484. The van der Waals surface area contributed by atoms with E-state index in [4.69, 9.17) is 9.94 Å². The molecule has 0 unspecified atom stereocenters. The van der Waals surface area contributed by atoms with Gasteiger partial charge in [-0.15, -0.1) is 0 Å². The first-order chi connectivity index (χ1) is 11.6. The molecule has 2 rings (SSSR count). The highest BCUT2D eigenvalue weighted by atomic mass is 16.6. The van der Waals surface area contributed by atoms with Gasteiger partial charge in [0.2, 0.25) is 0 Å². The monoisotopic (exact) mass is 333 g/mol. The summed E-state index contributed by atoms with van der Waals surface area (Å²) in [4.78, 5) is 26.6. The van der Waals surface area contributed by atoms with Crippen LogP contribution in [0.15, 0.2) is 30.3 Å². The molecule has 0 atom stereocenters. The molecule has 1 aliphatic heterocycles. The lowest BCUT2D eigenvalue weighted by molar-refractivity contribution is -0.124. The smallest absolute Gasteiger partial charge is 0.409 e. The number of amides is 2. The van der Waals surface area contributed by atoms with Crippen molar-refractivity contribution in [3.05, 3.63) is 41.5 Å². The first-order valence-electron chi connectivity index (χ1n) is 7.97. The van der Waals surface area contributed by atoms with E-state index in [-0.39, 0.29) is 6.09 Å². The van der Waals surface area contributed by atoms with Crippen molar-refractivity contribution in [2.24, 2.45) is 0 Å². The summed E-state index contributed by atoms with van der Waals surface area (Å²) in [6.07, 6.45) is 2.66. The molecule has 2 N–H and O–H groups in total. The van der Waals surface area contributed by atoms with E-state index in [2.05, 4.69) is 4.90 Å². The van der Waals surface area contributed by atoms with Crippen LogP contribution in [-0.2, 0) is 16.1 Å². The topological polar surface area (TPSA) is 82.1 Å². The van der Waals surface area contributed by atoms with E-state index in [1.165, 1.54) is 11.6 Å². The fourth-order valence-corrected chi connectivity index (χ4v) is 2.50. The highest BCUT2D eigenvalue weighted by Gasteiger charge is 2.21. The van der Waals surface area contributed by atoms with Gasteiger partial charge in [-0.2, -0.15) is 0 Å². The van der Waals surface area contributed by atoms with Crippen LogP contribution in [0, 0.1) is 0 Å². The molecule has 2 amide bonds. The molecular weight excluding hydrogens is 310 g/mol. The van der Waals surface area contributed by atoms with Gasteiger partial charge in [0.25, 0.3) is 5.91 Å². The number of carbonyl (C=O) groups is 2. The number of hydrogen-bond donors (Lipinski definition) is 2. The van der Waals surface area contributed by atoms with E-state index in [1.54, 1.807) is 16.5 Å². The highest BCUT2D eigenvalue weighted by Crippen LogP contribution is 2.11. The number of nitrogens with zero attached hydrogens (tertiary/aromatic N) is 2. The summed E-state index contributed by atoms with van der Waals surface area (Å²) in [5.74, 6) is -0.557. The number of benzene rings is 1. The van der Waals surface area contributed by atoms with Crippen molar-refractivity contribution in [3.63, 3.8) is 0 Å². The second-order valence-electron chi connectivity index (χ2n) is 5.51. The van der Waals surface area contributed by atoms with E-state index >= 15 is 0 Å². The molecule has 0 spiro atoms. The van der Waals surface area contributed by atoms with Crippen LogP contribution in [0.3, 0.4) is 0 Å². The second-order valence-corrected chi connectivity index (χ2v) is 5.51. The van der Waals surface area contributed by atoms with Crippen LogP contribution < -0.4 is 5.48 Å². The van der Waals surface area contributed by atoms with Gasteiger partial charge in [-0.3, -0.25) is 14.9 Å². The standard InChI is InChI=1S/C17H23N3O4/c1-2-24-17(22)20-11-9-19(10-12-20)13-15-5-3-14(4-6-15)7-8-16(21)18-23/h3-8,23H,2,9-13H2,1H3,(H,18,21). The van der Waals surface area contributed by atoms with Crippen molar-refractivity contribution in [3.8, 4) is 0 Å². The zero-order chi connectivity index (χ0) is 17.4. The Balaban J connectivity index is 1.81. The van der Waals surface area contributed by atoms with Crippen molar-refractivity contribution in [1.29, 1.82) is 0 Å². The summed E-state index contributed by atoms with van der Waals surface area (Å²) in [5.41, 5.74) is 3.60. The number of nitrogens with one attached hydrogen (secondary N) is 1. The Kier molecular flexibility index (Phi) is 6.77. The van der Waals surface area contributed by atoms with E-state index < -0.39 is 5.91 Å². The molecule has 7 heteroatoms. The summed E-state index contributed by atoms with van der Waals surface area (Å²) < 4.78 is 5.01. The maximum atomic E-state index is 11.7. The van der Waals surface area contributed by atoms with Crippen LogP contribution in [0.5, 0.6) is 0 Å². The zero-order valence-electron chi connectivity index (χ0n) is 13.8. The average Bonchev–Trinajstić information content (AvgIpc) is 2.61. The summed E-state index contributed by atoms with van der Waals surface area (Å²) in [5, 5.41) is 8.43. The van der Waals surface area contributed by atoms with E-state index in [9.17, 15) is 9.59 Å². The highest BCUT2D eigenvalue weighted by molar-refractivity contribution is 5.90. The molecule has 130 valence electrons. The molecule has 1 heterocycles. The third-order valence-corrected chi connectivity index (χ3v) is 3.82. The minimum absolute atomic E-state index is 0.236. The minimum Gasteiger partial charge on any atom is -0.450 e. The lowest BCUT2D eigenvalue weighted by Gasteiger charge is -2.34. The van der Waals surface area contributed by atoms with Gasteiger partial charge in [-0.1, -0.05) is 24.3 Å². The van der Waals surface area contributed by atoms with Crippen molar-refractivity contribution in [1.82, 2.24) is 15.3 Å². The predicted molar refractivity (Wildman–Crippen MR) is 89.3 cm³/mol. The predicted octanol–water partition coefficient (Wildman–Crippen LogP) is 1.48. The Morgan fingerprint density at radius 2 is 1.88 bits per heavy atom. The van der Waals surface area contributed by atoms with Crippen LogP contribution in [0.4, 0.5) is 4.79 Å². The molecular formula is C17H23N3O4. The molecule has 0 bridgehead atoms. The van der Waals surface area contributed by atoms with Crippen LogP contribution >= 0.6 is 0 Å². The molecule has 1 saturated heterocycles. The minimum atomic E-state index is -0.557. The van der Waals surface area contributed by atoms with E-state index in [0.717, 1.165) is 25.2 Å². The van der Waals surface area contributed by atoms with Gasteiger partial charge in [0.1, 0.15) is 0 Å². The first kappa shape index (κ1) is 18.0. The van der Waals surface area contributed by atoms with Crippen molar-refractivity contribution < 1.29 is 19.5 Å². The molecule has 1 aromatic rings. The lowest BCUT2D eigenvalue weighted by atomic mass is 10.1. The third-order valence-electron chi connectivity index (χ3n) is 3.82. The van der Waals surface area contributed by atoms with Gasteiger partial charge < -0.3 is 9.64 Å². The van der Waals surface area contributed by atoms with Gasteiger partial charge in [0, 0.05) is 38.8 Å². The molecule has 0 radical (unpaired) electrons. The Morgan fingerprint density at radius 3 is 2.46 bits per heavy atom. The number of ether oxygens (including phenoxy) is 1. The maximum Gasteiger partial charge on any atom is 0.409 e. The summed E-state index contributed by atoms with van der Waals surface area (Å²) in [6, 6.07) is 7.86. The Bertz CT molecular complexity index is 578. The maximum absolute atomic E-state index is 11.7. The molecule has 1 aliphatic rings. The normalized spacial score (nSPS) is 15.5. The Morgan fingerprint density at radius 1 is 1.21 bits per heavy atom. The van der Waals surface area contributed by atoms with Gasteiger partial charge in [0.15, 0.2) is 0 Å². The molecule has 0 aromatic heterocycles. The van der Waals surface area contributed by atoms with Crippen molar-refractivity contribution >= 4 is 18.1 Å². The van der Waals surface area contributed by atoms with Crippen molar-refractivity contribution in [2.75, 3.05) is 32.8 Å².